The Balaban J connectivity index is 2.26. The molecule has 2 aliphatic rings. The minimum absolute atomic E-state index is 0.124. The monoisotopic (exact) mass is 272 g/mol. The Hall–Kier alpha value is -1.14. The van der Waals surface area contributed by atoms with Crippen molar-refractivity contribution in [1.82, 2.24) is 0 Å². The van der Waals surface area contributed by atoms with Crippen molar-refractivity contribution in [3.63, 3.8) is 0 Å². The lowest BCUT2D eigenvalue weighted by Crippen LogP contribution is -2.64. The Morgan fingerprint density at radius 1 is 1.42 bits per heavy atom. The molecular weight excluding hydrogens is 252 g/mol. The number of carbonyl (C=O) groups is 2. The summed E-state index contributed by atoms with van der Waals surface area (Å²) in [4.78, 5) is 23.1. The smallest absolute Gasteiger partial charge is 0.338 e. The van der Waals surface area contributed by atoms with Crippen molar-refractivity contribution in [2.75, 3.05) is 6.61 Å². The molecule has 0 aromatic carbocycles. The van der Waals surface area contributed by atoms with Gasteiger partial charge >= 0.3 is 11.9 Å². The van der Waals surface area contributed by atoms with E-state index in [0.29, 0.717) is 19.3 Å². The number of aliphatic hydroxyl groups excluding tert-OH is 1. The molecule has 19 heavy (non-hydrogen) atoms. The average molecular weight is 272 g/mol. The first-order chi connectivity index (χ1) is 8.95. The first kappa shape index (κ1) is 14.3. The van der Waals surface area contributed by atoms with Gasteiger partial charge in [0, 0.05) is 12.8 Å². The van der Waals surface area contributed by atoms with Gasteiger partial charge < -0.3 is 19.7 Å². The van der Waals surface area contributed by atoms with Gasteiger partial charge in [0.2, 0.25) is 0 Å². The van der Waals surface area contributed by atoms with Crippen LogP contribution in [0.25, 0.3) is 0 Å². The van der Waals surface area contributed by atoms with Crippen LogP contribution in [0.1, 0.15) is 45.4 Å². The molecule has 0 aromatic rings. The molecule has 6 nitrogen and oxygen atoms in total. The number of hydrogen-bond donors (Lipinski definition) is 2. The predicted molar refractivity (Wildman–Crippen MR) is 64.1 cm³/mol. The van der Waals surface area contributed by atoms with Crippen LogP contribution in [0.3, 0.4) is 0 Å². The molecule has 1 saturated carbocycles. The van der Waals surface area contributed by atoms with E-state index in [2.05, 4.69) is 0 Å². The van der Waals surface area contributed by atoms with Gasteiger partial charge in [0.25, 0.3) is 0 Å². The second-order valence-electron chi connectivity index (χ2n) is 5.25. The third-order valence-electron chi connectivity index (χ3n) is 4.18. The van der Waals surface area contributed by atoms with Crippen molar-refractivity contribution in [2.45, 2.75) is 62.8 Å². The van der Waals surface area contributed by atoms with Crippen LogP contribution in [0.15, 0.2) is 0 Å². The zero-order chi connectivity index (χ0) is 14.1. The van der Waals surface area contributed by atoms with Gasteiger partial charge in [-0.05, 0) is 26.2 Å². The third kappa shape index (κ3) is 2.23. The van der Waals surface area contributed by atoms with Crippen LogP contribution in [0, 0.1) is 0 Å². The summed E-state index contributed by atoms with van der Waals surface area (Å²) < 4.78 is 10.1. The fraction of sp³-hybridized carbons (Fsp3) is 0.846. The Morgan fingerprint density at radius 3 is 2.68 bits per heavy atom. The average Bonchev–Trinajstić information content (AvgIpc) is 2.75. The summed E-state index contributed by atoms with van der Waals surface area (Å²) in [6.45, 7) is 1.75. The maximum absolute atomic E-state index is 11.7. The first-order valence-electron chi connectivity index (χ1n) is 6.74. The van der Waals surface area contributed by atoms with E-state index in [1.165, 1.54) is 0 Å². The van der Waals surface area contributed by atoms with Gasteiger partial charge in [0.05, 0.1) is 6.61 Å². The highest BCUT2D eigenvalue weighted by Gasteiger charge is 2.62. The van der Waals surface area contributed by atoms with Crippen molar-refractivity contribution in [3.8, 4) is 0 Å². The molecule has 2 N–H and O–H groups in total. The Labute approximate surface area is 111 Å². The maximum atomic E-state index is 11.7. The molecule has 0 amide bonds. The van der Waals surface area contributed by atoms with Gasteiger partial charge in [0.15, 0.2) is 6.10 Å². The summed E-state index contributed by atoms with van der Waals surface area (Å²) in [6, 6.07) is 0. The topological polar surface area (TPSA) is 93.1 Å². The quantitative estimate of drug-likeness (QED) is 0.717. The van der Waals surface area contributed by atoms with E-state index < -0.39 is 29.2 Å². The molecule has 6 heteroatoms. The van der Waals surface area contributed by atoms with E-state index in [1.54, 1.807) is 6.92 Å². The fourth-order valence-corrected chi connectivity index (χ4v) is 3.16. The number of esters is 2. The summed E-state index contributed by atoms with van der Waals surface area (Å²) in [7, 11) is 0. The number of ether oxygens (including phenoxy) is 2. The Morgan fingerprint density at radius 2 is 2.11 bits per heavy atom. The van der Waals surface area contributed by atoms with Crippen molar-refractivity contribution >= 4 is 11.9 Å². The molecule has 108 valence electrons. The molecule has 0 bridgehead atoms. The second kappa shape index (κ2) is 5.09. The molecule has 1 aliphatic carbocycles. The van der Waals surface area contributed by atoms with Gasteiger partial charge in [-0.25, -0.2) is 4.79 Å². The lowest BCUT2D eigenvalue weighted by atomic mass is 9.67. The number of hydrogen-bond acceptors (Lipinski definition) is 6. The molecule has 0 unspecified atom stereocenters. The van der Waals surface area contributed by atoms with E-state index >= 15 is 0 Å². The molecule has 3 atom stereocenters. The lowest BCUT2D eigenvalue weighted by molar-refractivity contribution is -0.230. The minimum atomic E-state index is -1.75. The van der Waals surface area contributed by atoms with Gasteiger partial charge in [-0.2, -0.15) is 0 Å². The van der Waals surface area contributed by atoms with E-state index in [-0.39, 0.29) is 19.4 Å². The van der Waals surface area contributed by atoms with Crippen LogP contribution in [-0.2, 0) is 19.1 Å². The number of aliphatic hydroxyl groups is 2. The molecule has 1 spiro atoms. The van der Waals surface area contributed by atoms with Gasteiger partial charge in [0.1, 0.15) is 11.2 Å². The number of carbonyl (C=O) groups excluding carboxylic acids is 2. The van der Waals surface area contributed by atoms with Gasteiger partial charge in [-0.1, -0.05) is 6.42 Å². The van der Waals surface area contributed by atoms with Crippen LogP contribution in [0.5, 0.6) is 0 Å². The molecule has 1 aliphatic heterocycles. The minimum Gasteiger partial charge on any atom is -0.464 e. The Bertz CT molecular complexity index is 381. The SMILES string of the molecule is CCOC(=O)[C@H](O)[C@@]1(O)CCCC[C@@]12CCC(=O)O2. The first-order valence-corrected chi connectivity index (χ1v) is 6.74. The molecule has 1 saturated heterocycles. The van der Waals surface area contributed by atoms with Gasteiger partial charge in [-0.3, -0.25) is 4.79 Å². The van der Waals surface area contributed by atoms with E-state index in [0.717, 1.165) is 6.42 Å². The zero-order valence-corrected chi connectivity index (χ0v) is 11.1. The zero-order valence-electron chi connectivity index (χ0n) is 11.1. The molecule has 2 rings (SSSR count). The summed E-state index contributed by atoms with van der Waals surface area (Å²) in [5, 5.41) is 20.9. The highest BCUT2D eigenvalue weighted by molar-refractivity contribution is 5.77. The van der Waals surface area contributed by atoms with E-state index in [9.17, 15) is 19.8 Å². The summed E-state index contributed by atoms with van der Waals surface area (Å²) in [5.41, 5.74) is -2.89. The van der Waals surface area contributed by atoms with Crippen LogP contribution < -0.4 is 0 Å². The second-order valence-corrected chi connectivity index (χ2v) is 5.25. The summed E-state index contributed by atoms with van der Waals surface area (Å²) in [5.74, 6) is -1.26. The summed E-state index contributed by atoms with van der Waals surface area (Å²) in [6.07, 6.45) is 1.01. The Kier molecular flexibility index (Phi) is 3.82. The summed E-state index contributed by atoms with van der Waals surface area (Å²) >= 11 is 0. The molecular formula is C13H20O6. The van der Waals surface area contributed by atoms with E-state index in [1.807, 2.05) is 0 Å². The molecule has 2 fully saturated rings. The van der Waals surface area contributed by atoms with Crippen molar-refractivity contribution < 1.29 is 29.3 Å². The van der Waals surface area contributed by atoms with Crippen molar-refractivity contribution in [1.29, 1.82) is 0 Å². The van der Waals surface area contributed by atoms with Crippen LogP contribution in [-0.4, -0.2) is 46.1 Å². The highest BCUT2D eigenvalue weighted by atomic mass is 16.6. The largest absolute Gasteiger partial charge is 0.464 e. The maximum Gasteiger partial charge on any atom is 0.338 e. The van der Waals surface area contributed by atoms with Crippen molar-refractivity contribution in [2.24, 2.45) is 0 Å². The molecule has 0 aromatic heterocycles. The number of rotatable bonds is 3. The fourth-order valence-electron chi connectivity index (χ4n) is 3.16. The highest BCUT2D eigenvalue weighted by Crippen LogP contribution is 2.48. The third-order valence-corrected chi connectivity index (χ3v) is 4.18. The normalized spacial score (nSPS) is 36.1. The van der Waals surface area contributed by atoms with Crippen LogP contribution in [0.2, 0.25) is 0 Å². The van der Waals surface area contributed by atoms with Crippen LogP contribution >= 0.6 is 0 Å². The standard InChI is InChI=1S/C13H20O6/c1-2-18-11(16)10(15)13(17)7-4-3-6-12(13)8-5-9(14)19-12/h10,15,17H,2-8H2,1H3/t10-,12+,13-/m0/s1. The van der Waals surface area contributed by atoms with Gasteiger partial charge in [-0.15, -0.1) is 0 Å². The van der Waals surface area contributed by atoms with Crippen molar-refractivity contribution in [3.05, 3.63) is 0 Å². The lowest BCUT2D eigenvalue weighted by Gasteiger charge is -2.48. The molecule has 0 radical (unpaired) electrons. The predicted octanol–water partition coefficient (Wildman–Crippen LogP) is 0.291. The van der Waals surface area contributed by atoms with E-state index in [4.69, 9.17) is 9.47 Å². The van der Waals surface area contributed by atoms with Crippen LogP contribution in [0.4, 0.5) is 0 Å². The molecule has 1 heterocycles.